The summed E-state index contributed by atoms with van der Waals surface area (Å²) in [5.41, 5.74) is 0.885. The third-order valence-electron chi connectivity index (χ3n) is 3.89. The number of hydrogen-bond acceptors (Lipinski definition) is 4. The number of sulfonamides is 1. The second-order valence-electron chi connectivity index (χ2n) is 5.63. The minimum absolute atomic E-state index is 0.0142. The van der Waals surface area contributed by atoms with Crippen LogP contribution in [-0.2, 0) is 26.0 Å². The topological polar surface area (TPSA) is 118 Å². The molecule has 0 bridgehead atoms. The van der Waals surface area contributed by atoms with Crippen LogP contribution in [0.25, 0.3) is 0 Å². The Labute approximate surface area is 135 Å². The first kappa shape index (κ1) is 17.4. The van der Waals surface area contributed by atoms with E-state index in [1.807, 2.05) is 0 Å². The summed E-state index contributed by atoms with van der Waals surface area (Å²) in [6, 6.07) is 6.19. The quantitative estimate of drug-likeness (QED) is 0.643. The van der Waals surface area contributed by atoms with Gasteiger partial charge in [-0.2, -0.15) is 0 Å². The highest BCUT2D eigenvalue weighted by atomic mass is 32.2. The molecule has 0 heterocycles. The molecule has 23 heavy (non-hydrogen) atoms. The van der Waals surface area contributed by atoms with Crippen molar-refractivity contribution in [1.29, 1.82) is 0 Å². The van der Waals surface area contributed by atoms with Gasteiger partial charge in [0.05, 0.1) is 11.4 Å². The zero-order valence-electron chi connectivity index (χ0n) is 12.7. The molecular formula is C15H21N3O4S. The predicted octanol–water partition coefficient (Wildman–Crippen LogP) is -0.0910. The SMILES string of the molecule is NS(=O)(=O)c1ccc(CCNC(=O)CNC(=O)C2CCC2)cc1. The van der Waals surface area contributed by atoms with Gasteiger partial charge in [0.1, 0.15) is 0 Å². The van der Waals surface area contributed by atoms with Gasteiger partial charge in [-0.1, -0.05) is 18.6 Å². The van der Waals surface area contributed by atoms with Crippen molar-refractivity contribution in [2.24, 2.45) is 11.1 Å². The summed E-state index contributed by atoms with van der Waals surface area (Å²) in [5, 5.41) is 10.4. The van der Waals surface area contributed by atoms with Crippen molar-refractivity contribution in [2.75, 3.05) is 13.1 Å². The number of amides is 2. The molecule has 0 saturated heterocycles. The van der Waals surface area contributed by atoms with E-state index in [9.17, 15) is 18.0 Å². The third kappa shape index (κ3) is 5.33. The van der Waals surface area contributed by atoms with Crippen LogP contribution in [0.4, 0.5) is 0 Å². The minimum Gasteiger partial charge on any atom is -0.354 e. The van der Waals surface area contributed by atoms with Crippen molar-refractivity contribution in [3.8, 4) is 0 Å². The van der Waals surface area contributed by atoms with Crippen LogP contribution in [-0.4, -0.2) is 33.3 Å². The zero-order chi connectivity index (χ0) is 16.9. The Morgan fingerprint density at radius 3 is 2.30 bits per heavy atom. The Balaban J connectivity index is 1.67. The Hall–Kier alpha value is -1.93. The van der Waals surface area contributed by atoms with Crippen molar-refractivity contribution in [1.82, 2.24) is 10.6 Å². The smallest absolute Gasteiger partial charge is 0.239 e. The van der Waals surface area contributed by atoms with Crippen LogP contribution in [0.5, 0.6) is 0 Å². The van der Waals surface area contributed by atoms with Crippen LogP contribution in [0.1, 0.15) is 24.8 Å². The van der Waals surface area contributed by atoms with E-state index in [1.165, 1.54) is 12.1 Å². The molecule has 1 aliphatic rings. The highest BCUT2D eigenvalue weighted by molar-refractivity contribution is 7.89. The van der Waals surface area contributed by atoms with Crippen LogP contribution in [0.2, 0.25) is 0 Å². The molecule has 2 rings (SSSR count). The number of benzene rings is 1. The van der Waals surface area contributed by atoms with Gasteiger partial charge in [0, 0.05) is 12.5 Å². The van der Waals surface area contributed by atoms with Crippen molar-refractivity contribution in [3.63, 3.8) is 0 Å². The maximum Gasteiger partial charge on any atom is 0.239 e. The first-order chi connectivity index (χ1) is 10.9. The number of nitrogens with two attached hydrogens (primary N) is 1. The Morgan fingerprint density at radius 2 is 1.78 bits per heavy atom. The van der Waals surface area contributed by atoms with Crippen molar-refractivity contribution in [3.05, 3.63) is 29.8 Å². The molecule has 2 amide bonds. The van der Waals surface area contributed by atoms with Crippen molar-refractivity contribution >= 4 is 21.8 Å². The lowest BCUT2D eigenvalue weighted by Crippen LogP contribution is -2.41. The molecule has 0 unspecified atom stereocenters. The molecule has 1 aliphatic carbocycles. The van der Waals surface area contributed by atoms with Gasteiger partial charge in [0.2, 0.25) is 21.8 Å². The molecule has 1 aromatic rings. The molecule has 1 saturated carbocycles. The lowest BCUT2D eigenvalue weighted by Gasteiger charge is -2.23. The molecule has 1 fully saturated rings. The number of primary sulfonamides is 1. The predicted molar refractivity (Wildman–Crippen MR) is 84.9 cm³/mol. The number of hydrogen-bond donors (Lipinski definition) is 3. The van der Waals surface area contributed by atoms with E-state index in [4.69, 9.17) is 5.14 Å². The summed E-state index contributed by atoms with van der Waals surface area (Å²) in [4.78, 5) is 23.3. The van der Waals surface area contributed by atoms with E-state index in [0.29, 0.717) is 13.0 Å². The van der Waals surface area contributed by atoms with Crippen molar-refractivity contribution in [2.45, 2.75) is 30.6 Å². The fourth-order valence-electron chi connectivity index (χ4n) is 2.24. The molecule has 4 N–H and O–H groups in total. The average Bonchev–Trinajstić information content (AvgIpc) is 2.43. The van der Waals surface area contributed by atoms with E-state index in [2.05, 4.69) is 10.6 Å². The molecule has 8 heteroatoms. The Bertz CT molecular complexity index is 666. The summed E-state index contributed by atoms with van der Waals surface area (Å²) >= 11 is 0. The van der Waals surface area contributed by atoms with Gasteiger partial charge in [-0.15, -0.1) is 0 Å². The highest BCUT2D eigenvalue weighted by Crippen LogP contribution is 2.25. The number of nitrogens with one attached hydrogen (secondary N) is 2. The first-order valence-electron chi connectivity index (χ1n) is 7.52. The summed E-state index contributed by atoms with van der Waals surface area (Å²) in [6.45, 7) is 0.395. The van der Waals surface area contributed by atoms with Crippen LogP contribution in [0.15, 0.2) is 29.2 Å². The van der Waals surface area contributed by atoms with E-state index >= 15 is 0 Å². The number of rotatable bonds is 7. The monoisotopic (exact) mass is 339 g/mol. The van der Waals surface area contributed by atoms with Gasteiger partial charge in [-0.05, 0) is 37.0 Å². The van der Waals surface area contributed by atoms with Crippen LogP contribution in [0, 0.1) is 5.92 Å². The largest absolute Gasteiger partial charge is 0.354 e. The van der Waals surface area contributed by atoms with Gasteiger partial charge in [0.25, 0.3) is 0 Å². The molecule has 7 nitrogen and oxygen atoms in total. The fraction of sp³-hybridized carbons (Fsp3) is 0.467. The molecule has 1 aromatic carbocycles. The highest BCUT2D eigenvalue weighted by Gasteiger charge is 2.25. The Kier molecular flexibility index (Phi) is 5.73. The molecule has 0 radical (unpaired) electrons. The van der Waals surface area contributed by atoms with Crippen LogP contribution < -0.4 is 15.8 Å². The van der Waals surface area contributed by atoms with E-state index in [0.717, 1.165) is 24.8 Å². The van der Waals surface area contributed by atoms with E-state index < -0.39 is 10.0 Å². The van der Waals surface area contributed by atoms with Crippen LogP contribution >= 0.6 is 0 Å². The van der Waals surface area contributed by atoms with E-state index in [-0.39, 0.29) is 29.2 Å². The molecule has 0 aliphatic heterocycles. The summed E-state index contributed by atoms with van der Waals surface area (Å²) < 4.78 is 22.3. The summed E-state index contributed by atoms with van der Waals surface area (Å²) in [6.07, 6.45) is 3.45. The maximum atomic E-state index is 11.6. The zero-order valence-corrected chi connectivity index (χ0v) is 13.6. The Morgan fingerprint density at radius 1 is 1.13 bits per heavy atom. The fourth-order valence-corrected chi connectivity index (χ4v) is 2.75. The molecular weight excluding hydrogens is 318 g/mol. The maximum absolute atomic E-state index is 11.6. The van der Waals surface area contributed by atoms with Gasteiger partial charge >= 0.3 is 0 Å². The second kappa shape index (κ2) is 7.56. The normalized spacial score (nSPS) is 14.8. The number of carbonyl (C=O) groups is 2. The lowest BCUT2D eigenvalue weighted by atomic mass is 9.85. The van der Waals surface area contributed by atoms with Gasteiger partial charge in [-0.3, -0.25) is 9.59 Å². The summed E-state index contributed by atoms with van der Waals surface area (Å²) in [7, 11) is -3.68. The van der Waals surface area contributed by atoms with Crippen molar-refractivity contribution < 1.29 is 18.0 Å². The molecule has 0 atom stereocenters. The lowest BCUT2D eigenvalue weighted by molar-refractivity contribution is -0.130. The minimum atomic E-state index is -3.68. The molecule has 126 valence electrons. The first-order valence-corrected chi connectivity index (χ1v) is 9.07. The molecule has 0 spiro atoms. The van der Waals surface area contributed by atoms with E-state index in [1.54, 1.807) is 12.1 Å². The summed E-state index contributed by atoms with van der Waals surface area (Å²) in [5.74, 6) is -0.219. The standard InChI is InChI=1S/C15H21N3O4S/c16-23(21,22)13-6-4-11(5-7-13)8-9-17-14(19)10-18-15(20)12-2-1-3-12/h4-7,12H,1-3,8-10H2,(H,17,19)(H,18,20)(H2,16,21,22). The average molecular weight is 339 g/mol. The van der Waals surface area contributed by atoms with Gasteiger partial charge in [0.15, 0.2) is 0 Å². The third-order valence-corrected chi connectivity index (χ3v) is 4.82. The van der Waals surface area contributed by atoms with Gasteiger partial charge < -0.3 is 10.6 Å². The second-order valence-corrected chi connectivity index (χ2v) is 7.20. The van der Waals surface area contributed by atoms with Crippen LogP contribution in [0.3, 0.4) is 0 Å². The molecule has 0 aromatic heterocycles. The number of carbonyl (C=O) groups excluding carboxylic acids is 2. The van der Waals surface area contributed by atoms with Gasteiger partial charge in [-0.25, -0.2) is 13.6 Å².